The number of hydrogen-bond donors (Lipinski definition) is 1. The van der Waals surface area contributed by atoms with Crippen LogP contribution in [0.15, 0.2) is 84.9 Å². The van der Waals surface area contributed by atoms with Gasteiger partial charge in [-0.25, -0.2) is 9.18 Å². The van der Waals surface area contributed by atoms with Gasteiger partial charge in [0.1, 0.15) is 6.67 Å². The molecule has 0 aliphatic rings. The molecule has 0 saturated heterocycles. The molecule has 0 radical (unpaired) electrons. The molecular weight excluding hydrogens is 471 g/mol. The van der Waals surface area contributed by atoms with E-state index in [1.165, 1.54) is 0 Å². The van der Waals surface area contributed by atoms with Crippen LogP contribution in [-0.2, 0) is 11.0 Å². The third kappa shape index (κ3) is 4.99. The van der Waals surface area contributed by atoms with Gasteiger partial charge in [-0.15, -0.1) is 0 Å². The minimum Gasteiger partial charge on any atom is -0.476 e. The minimum atomic E-state index is -2.86. The Morgan fingerprint density at radius 2 is 1.53 bits per heavy atom. The second kappa shape index (κ2) is 10.8. The Bertz CT molecular complexity index is 1260. The van der Waals surface area contributed by atoms with Gasteiger partial charge in [-0.1, -0.05) is 99.6 Å². The second-order valence-electron chi connectivity index (χ2n) is 10.1. The molecule has 0 fully saturated rings. The summed E-state index contributed by atoms with van der Waals surface area (Å²) in [6, 6.07) is 27.7. The SMILES string of the molecule is CC(C)(C)[Si](OC(CF)CCCn1nc(C(=O)O)c2ccccc21)(c1ccccc1)c1ccccc1. The number of carboxylic acids is 1. The number of alkyl halides is 1. The first kappa shape index (κ1) is 25.8. The van der Waals surface area contributed by atoms with Gasteiger partial charge in [0.25, 0.3) is 8.32 Å². The third-order valence-corrected chi connectivity index (χ3v) is 11.8. The van der Waals surface area contributed by atoms with E-state index in [0.717, 1.165) is 15.9 Å². The molecule has 3 aromatic carbocycles. The van der Waals surface area contributed by atoms with Crippen molar-refractivity contribution >= 4 is 35.6 Å². The van der Waals surface area contributed by atoms with E-state index in [1.807, 2.05) is 48.5 Å². The zero-order chi connectivity index (χ0) is 25.8. The number of halogens is 1. The average molecular weight is 505 g/mol. The van der Waals surface area contributed by atoms with Crippen LogP contribution < -0.4 is 10.4 Å². The van der Waals surface area contributed by atoms with Crippen molar-refractivity contribution in [1.29, 1.82) is 0 Å². The maximum absolute atomic E-state index is 14.5. The van der Waals surface area contributed by atoms with E-state index in [2.05, 4.69) is 50.1 Å². The minimum absolute atomic E-state index is 0.0382. The summed E-state index contributed by atoms with van der Waals surface area (Å²) in [6.45, 7) is 6.42. The van der Waals surface area contributed by atoms with Crippen LogP contribution in [0.3, 0.4) is 0 Å². The number of carboxylic acid groups (broad SMARTS) is 1. The maximum atomic E-state index is 14.5. The van der Waals surface area contributed by atoms with E-state index < -0.39 is 27.1 Å². The predicted molar refractivity (Wildman–Crippen MR) is 144 cm³/mol. The molecule has 0 spiro atoms. The largest absolute Gasteiger partial charge is 0.476 e. The van der Waals surface area contributed by atoms with Gasteiger partial charge in [0.05, 0.1) is 11.6 Å². The summed E-state index contributed by atoms with van der Waals surface area (Å²) < 4.78 is 23.1. The molecule has 0 amide bonds. The van der Waals surface area contributed by atoms with Gasteiger partial charge in [-0.2, -0.15) is 5.10 Å². The van der Waals surface area contributed by atoms with Crippen molar-refractivity contribution in [2.45, 2.75) is 51.3 Å². The topological polar surface area (TPSA) is 64.4 Å². The lowest BCUT2D eigenvalue weighted by Crippen LogP contribution is -2.67. The van der Waals surface area contributed by atoms with Crippen LogP contribution in [0.5, 0.6) is 0 Å². The molecule has 36 heavy (non-hydrogen) atoms. The Kier molecular flexibility index (Phi) is 7.71. The zero-order valence-electron chi connectivity index (χ0n) is 21.0. The molecule has 188 valence electrons. The Morgan fingerprint density at radius 3 is 2.06 bits per heavy atom. The van der Waals surface area contributed by atoms with Crippen molar-refractivity contribution in [1.82, 2.24) is 9.78 Å². The number of hydrogen-bond acceptors (Lipinski definition) is 3. The normalized spacial score (nSPS) is 13.1. The molecule has 1 atom stereocenters. The van der Waals surface area contributed by atoms with Gasteiger partial charge >= 0.3 is 5.97 Å². The number of aryl methyl sites for hydroxylation is 1. The molecule has 0 aliphatic heterocycles. The quantitative estimate of drug-likeness (QED) is 0.293. The highest BCUT2D eigenvalue weighted by molar-refractivity contribution is 6.99. The molecular formula is C29H33FN2O3Si. The van der Waals surface area contributed by atoms with Crippen LogP contribution in [0.2, 0.25) is 5.04 Å². The van der Waals surface area contributed by atoms with Crippen molar-refractivity contribution in [3.8, 4) is 0 Å². The Hall–Kier alpha value is -3.29. The lowest BCUT2D eigenvalue weighted by Gasteiger charge is -2.44. The van der Waals surface area contributed by atoms with Crippen LogP contribution in [0.1, 0.15) is 44.1 Å². The fourth-order valence-corrected chi connectivity index (χ4v) is 9.73. The number of benzene rings is 3. The van der Waals surface area contributed by atoms with Crippen LogP contribution >= 0.6 is 0 Å². The van der Waals surface area contributed by atoms with E-state index in [1.54, 1.807) is 16.8 Å². The molecule has 1 aromatic heterocycles. The Morgan fingerprint density at radius 1 is 0.972 bits per heavy atom. The van der Waals surface area contributed by atoms with Gasteiger partial charge in [0.2, 0.25) is 0 Å². The van der Waals surface area contributed by atoms with Crippen LogP contribution in [-0.4, -0.2) is 42.0 Å². The fraction of sp³-hybridized carbons (Fsp3) is 0.310. The first-order valence-corrected chi connectivity index (χ1v) is 14.2. The van der Waals surface area contributed by atoms with Crippen molar-refractivity contribution in [2.75, 3.05) is 6.67 Å². The summed E-state index contributed by atoms with van der Waals surface area (Å²) in [5, 5.41) is 16.4. The average Bonchev–Trinajstić information content (AvgIpc) is 3.25. The molecule has 1 N–H and O–H groups in total. The van der Waals surface area contributed by atoms with E-state index in [-0.39, 0.29) is 10.7 Å². The van der Waals surface area contributed by atoms with Gasteiger partial charge in [-0.3, -0.25) is 4.68 Å². The number of aromatic nitrogens is 2. The molecule has 7 heteroatoms. The highest BCUT2D eigenvalue weighted by atomic mass is 28.4. The van der Waals surface area contributed by atoms with Gasteiger partial charge in [-0.05, 0) is 34.3 Å². The first-order valence-electron chi connectivity index (χ1n) is 12.3. The van der Waals surface area contributed by atoms with E-state index in [9.17, 15) is 14.3 Å². The standard InChI is InChI=1S/C29H33FN2O3Si/c1-29(2,3)36(23-14-6-4-7-15-23,24-16-8-5-9-17-24)35-22(21-30)13-12-20-32-26-19-11-10-18-25(26)27(31-32)28(33)34/h4-11,14-19,22H,12-13,20-21H2,1-3H3,(H,33,34). The summed E-state index contributed by atoms with van der Waals surface area (Å²) in [5.74, 6) is -1.05. The maximum Gasteiger partial charge on any atom is 0.357 e. The van der Waals surface area contributed by atoms with Crippen molar-refractivity contribution < 1.29 is 18.7 Å². The summed E-state index contributed by atoms with van der Waals surface area (Å²) in [7, 11) is -2.86. The van der Waals surface area contributed by atoms with E-state index >= 15 is 0 Å². The smallest absolute Gasteiger partial charge is 0.357 e. The second-order valence-corrected chi connectivity index (χ2v) is 14.3. The van der Waals surface area contributed by atoms with Crippen molar-refractivity contribution in [2.24, 2.45) is 0 Å². The van der Waals surface area contributed by atoms with Crippen LogP contribution in [0.4, 0.5) is 4.39 Å². The molecule has 4 aromatic rings. The van der Waals surface area contributed by atoms with Crippen molar-refractivity contribution in [3.63, 3.8) is 0 Å². The third-order valence-electron chi connectivity index (χ3n) is 6.69. The number of rotatable bonds is 10. The summed E-state index contributed by atoms with van der Waals surface area (Å²) in [6.07, 6.45) is 0.520. The predicted octanol–water partition coefficient (Wildman–Crippen LogP) is 5.43. The van der Waals surface area contributed by atoms with E-state index in [0.29, 0.717) is 24.8 Å². The number of para-hydroxylation sites is 1. The molecule has 0 bridgehead atoms. The van der Waals surface area contributed by atoms with E-state index in [4.69, 9.17) is 4.43 Å². The molecule has 1 heterocycles. The van der Waals surface area contributed by atoms with Crippen molar-refractivity contribution in [3.05, 3.63) is 90.6 Å². The highest BCUT2D eigenvalue weighted by Gasteiger charge is 2.51. The monoisotopic (exact) mass is 504 g/mol. The van der Waals surface area contributed by atoms with Gasteiger partial charge in [0, 0.05) is 11.9 Å². The summed E-state index contributed by atoms with van der Waals surface area (Å²) in [4.78, 5) is 11.6. The summed E-state index contributed by atoms with van der Waals surface area (Å²) in [5.41, 5.74) is 0.802. The molecule has 4 rings (SSSR count). The molecule has 5 nitrogen and oxygen atoms in total. The number of fused-ring (bicyclic) bond motifs is 1. The zero-order valence-corrected chi connectivity index (χ0v) is 22.0. The molecule has 1 unspecified atom stereocenters. The lowest BCUT2D eigenvalue weighted by atomic mass is 10.2. The van der Waals surface area contributed by atoms with Gasteiger partial charge < -0.3 is 9.53 Å². The number of aromatic carboxylic acids is 1. The fourth-order valence-electron chi connectivity index (χ4n) is 5.03. The van der Waals surface area contributed by atoms with Gasteiger partial charge in [0.15, 0.2) is 5.69 Å². The lowest BCUT2D eigenvalue weighted by molar-refractivity contribution is 0.0691. The number of carbonyl (C=O) groups is 1. The van der Waals surface area contributed by atoms with Crippen LogP contribution in [0, 0.1) is 0 Å². The molecule has 0 saturated carbocycles. The Labute approximate surface area is 212 Å². The van der Waals surface area contributed by atoms with Crippen LogP contribution in [0.25, 0.3) is 10.9 Å². The summed E-state index contributed by atoms with van der Waals surface area (Å²) >= 11 is 0. The Balaban J connectivity index is 1.61. The highest BCUT2D eigenvalue weighted by Crippen LogP contribution is 2.38. The number of nitrogens with zero attached hydrogens (tertiary/aromatic N) is 2. The first-order chi connectivity index (χ1) is 17.3. The molecule has 0 aliphatic carbocycles.